The molecular formula is C35H47F3. The van der Waals surface area contributed by atoms with E-state index in [1.54, 1.807) is 0 Å². The Bertz CT molecular complexity index is 981. The molecule has 0 unspecified atom stereocenters. The Morgan fingerprint density at radius 2 is 0.974 bits per heavy atom. The lowest BCUT2D eigenvalue weighted by atomic mass is 9.68. The van der Waals surface area contributed by atoms with Gasteiger partial charge in [-0.05, 0) is 129 Å². The molecule has 0 aromatic heterocycles. The van der Waals surface area contributed by atoms with Crippen LogP contribution in [0.2, 0.25) is 0 Å². The Hall–Kier alpha value is -1.77. The molecule has 0 atom stereocenters. The lowest BCUT2D eigenvalue weighted by molar-refractivity contribution is 0.155. The summed E-state index contributed by atoms with van der Waals surface area (Å²) in [5.41, 5.74) is 3.51. The highest BCUT2D eigenvalue weighted by atomic mass is 19.2. The van der Waals surface area contributed by atoms with E-state index in [2.05, 4.69) is 31.2 Å². The zero-order valence-corrected chi connectivity index (χ0v) is 23.4. The van der Waals surface area contributed by atoms with Crippen molar-refractivity contribution < 1.29 is 13.2 Å². The molecule has 2 aromatic rings. The van der Waals surface area contributed by atoms with Crippen molar-refractivity contribution in [1.29, 1.82) is 0 Å². The smallest absolute Gasteiger partial charge is 0.194 e. The lowest BCUT2D eigenvalue weighted by Gasteiger charge is -2.38. The van der Waals surface area contributed by atoms with Crippen LogP contribution in [-0.2, 0) is 0 Å². The van der Waals surface area contributed by atoms with Gasteiger partial charge in [0.1, 0.15) is 0 Å². The van der Waals surface area contributed by atoms with E-state index >= 15 is 0 Å². The molecule has 3 saturated carbocycles. The summed E-state index contributed by atoms with van der Waals surface area (Å²) >= 11 is 0. The van der Waals surface area contributed by atoms with Crippen molar-refractivity contribution >= 4 is 0 Å². The molecule has 3 fully saturated rings. The van der Waals surface area contributed by atoms with Crippen LogP contribution in [0.4, 0.5) is 13.2 Å². The molecule has 3 aliphatic carbocycles. The largest absolute Gasteiger partial charge is 0.204 e. The summed E-state index contributed by atoms with van der Waals surface area (Å²) in [5.74, 6) is 0.773. The van der Waals surface area contributed by atoms with Crippen molar-refractivity contribution in [3.05, 3.63) is 70.5 Å². The molecule has 208 valence electrons. The van der Waals surface area contributed by atoms with Gasteiger partial charge in [0, 0.05) is 0 Å². The van der Waals surface area contributed by atoms with Crippen LogP contribution in [0.3, 0.4) is 0 Å². The fourth-order valence-corrected chi connectivity index (χ4v) is 8.17. The highest BCUT2D eigenvalue weighted by Crippen LogP contribution is 2.45. The third-order valence-corrected chi connectivity index (χ3v) is 10.6. The van der Waals surface area contributed by atoms with Gasteiger partial charge in [0.15, 0.2) is 17.5 Å². The SMILES string of the molecule is CCCCCC1CCC(C2CCC(c3ccc(C4CCC(c5cc(F)c(F)c(F)c5)CC4)cc3)CC2)CC1. The Labute approximate surface area is 228 Å². The van der Waals surface area contributed by atoms with Crippen LogP contribution < -0.4 is 0 Å². The van der Waals surface area contributed by atoms with Crippen LogP contribution >= 0.6 is 0 Å². The number of hydrogen-bond donors (Lipinski definition) is 0. The first-order valence-electron chi connectivity index (χ1n) is 15.8. The average molecular weight is 525 g/mol. The number of rotatable bonds is 8. The van der Waals surface area contributed by atoms with E-state index in [4.69, 9.17) is 0 Å². The maximum atomic E-state index is 13.7. The highest BCUT2D eigenvalue weighted by Gasteiger charge is 2.31. The maximum Gasteiger partial charge on any atom is 0.194 e. The molecule has 0 bridgehead atoms. The van der Waals surface area contributed by atoms with Crippen LogP contribution in [0.15, 0.2) is 36.4 Å². The topological polar surface area (TPSA) is 0 Å². The maximum absolute atomic E-state index is 13.7. The molecule has 3 aliphatic rings. The molecule has 3 heteroatoms. The minimum atomic E-state index is -1.36. The van der Waals surface area contributed by atoms with Crippen LogP contribution in [0.5, 0.6) is 0 Å². The molecule has 0 radical (unpaired) electrons. The third kappa shape index (κ3) is 6.68. The Morgan fingerprint density at radius 3 is 1.45 bits per heavy atom. The van der Waals surface area contributed by atoms with Crippen molar-refractivity contribution in [2.24, 2.45) is 17.8 Å². The minimum Gasteiger partial charge on any atom is -0.204 e. The summed E-state index contributed by atoms with van der Waals surface area (Å²) in [6.45, 7) is 2.31. The zero-order valence-electron chi connectivity index (χ0n) is 23.4. The zero-order chi connectivity index (χ0) is 26.5. The summed E-state index contributed by atoms with van der Waals surface area (Å²) < 4.78 is 40.7. The fraction of sp³-hybridized carbons (Fsp3) is 0.657. The molecule has 0 aliphatic heterocycles. The van der Waals surface area contributed by atoms with Gasteiger partial charge in [-0.1, -0.05) is 69.7 Å². The van der Waals surface area contributed by atoms with E-state index in [-0.39, 0.29) is 5.92 Å². The second-order valence-electron chi connectivity index (χ2n) is 12.9. The highest BCUT2D eigenvalue weighted by molar-refractivity contribution is 5.30. The van der Waals surface area contributed by atoms with Gasteiger partial charge in [-0.3, -0.25) is 0 Å². The van der Waals surface area contributed by atoms with Crippen molar-refractivity contribution in [3.8, 4) is 0 Å². The summed E-state index contributed by atoms with van der Waals surface area (Å²) in [7, 11) is 0. The van der Waals surface area contributed by atoms with Gasteiger partial charge < -0.3 is 0 Å². The molecule has 5 rings (SSSR count). The first-order valence-corrected chi connectivity index (χ1v) is 15.8. The summed E-state index contributed by atoms with van der Waals surface area (Å²) in [6, 6.07) is 11.8. The normalized spacial score (nSPS) is 30.3. The number of benzene rings is 2. The first-order chi connectivity index (χ1) is 18.5. The molecule has 0 saturated heterocycles. The summed E-state index contributed by atoms with van der Waals surface area (Å²) in [5, 5.41) is 0. The van der Waals surface area contributed by atoms with Gasteiger partial charge in [0.2, 0.25) is 0 Å². The van der Waals surface area contributed by atoms with E-state index in [9.17, 15) is 13.2 Å². The van der Waals surface area contributed by atoms with Crippen molar-refractivity contribution in [2.75, 3.05) is 0 Å². The molecule has 0 N–H and O–H groups in total. The predicted octanol–water partition coefficient (Wildman–Crippen LogP) is 11.2. The van der Waals surface area contributed by atoms with E-state index in [0.717, 1.165) is 43.4 Å². The molecule has 2 aromatic carbocycles. The number of unbranched alkanes of at least 4 members (excludes halogenated alkanes) is 2. The number of hydrogen-bond acceptors (Lipinski definition) is 0. The average Bonchev–Trinajstić information content (AvgIpc) is 2.96. The third-order valence-electron chi connectivity index (χ3n) is 10.6. The minimum absolute atomic E-state index is 0.112. The van der Waals surface area contributed by atoms with E-state index in [1.165, 1.54) is 100 Å². The summed E-state index contributed by atoms with van der Waals surface area (Å²) in [6.07, 6.45) is 20.9. The van der Waals surface area contributed by atoms with Crippen LogP contribution in [-0.4, -0.2) is 0 Å². The van der Waals surface area contributed by atoms with E-state index < -0.39 is 17.5 Å². The van der Waals surface area contributed by atoms with E-state index in [1.807, 2.05) is 0 Å². The van der Waals surface area contributed by atoms with Gasteiger partial charge in [-0.2, -0.15) is 0 Å². The molecule has 38 heavy (non-hydrogen) atoms. The van der Waals surface area contributed by atoms with Crippen molar-refractivity contribution in [1.82, 2.24) is 0 Å². The molecule has 0 spiro atoms. The Morgan fingerprint density at radius 1 is 0.553 bits per heavy atom. The van der Waals surface area contributed by atoms with Crippen molar-refractivity contribution in [3.63, 3.8) is 0 Å². The molecule has 0 heterocycles. The predicted molar refractivity (Wildman–Crippen MR) is 151 cm³/mol. The monoisotopic (exact) mass is 524 g/mol. The fourth-order valence-electron chi connectivity index (χ4n) is 8.17. The van der Waals surface area contributed by atoms with Crippen molar-refractivity contribution in [2.45, 2.75) is 127 Å². The quantitative estimate of drug-likeness (QED) is 0.238. The van der Waals surface area contributed by atoms with Crippen LogP contribution in [0.25, 0.3) is 0 Å². The van der Waals surface area contributed by atoms with Crippen LogP contribution in [0.1, 0.15) is 144 Å². The molecule has 0 amide bonds. The first kappa shape index (κ1) is 27.8. The summed E-state index contributed by atoms with van der Waals surface area (Å²) in [4.78, 5) is 0. The van der Waals surface area contributed by atoms with Gasteiger partial charge >= 0.3 is 0 Å². The molecule has 0 nitrogen and oxygen atoms in total. The second kappa shape index (κ2) is 13.1. The van der Waals surface area contributed by atoms with Crippen LogP contribution in [0, 0.1) is 35.2 Å². The lowest BCUT2D eigenvalue weighted by Crippen LogP contribution is -2.25. The molecular weight excluding hydrogens is 477 g/mol. The second-order valence-corrected chi connectivity index (χ2v) is 12.9. The Kier molecular flexibility index (Phi) is 9.55. The number of halogens is 3. The Balaban J connectivity index is 1.07. The standard InChI is InChI=1S/C35H47F3/c1-2-3-4-5-24-6-8-25(9-7-24)26-10-12-27(13-11-26)28-14-16-29(17-15-28)30-18-20-31(21-19-30)32-22-33(36)35(38)34(37)23-32/h14-17,22-27,30-31H,2-13,18-21H2,1H3. The van der Waals surface area contributed by atoms with Gasteiger partial charge in [0.25, 0.3) is 0 Å². The van der Waals surface area contributed by atoms with Gasteiger partial charge in [-0.25, -0.2) is 13.2 Å². The van der Waals surface area contributed by atoms with Gasteiger partial charge in [-0.15, -0.1) is 0 Å². The van der Waals surface area contributed by atoms with Gasteiger partial charge in [0.05, 0.1) is 0 Å². The van der Waals surface area contributed by atoms with E-state index in [0.29, 0.717) is 17.4 Å².